The number of amides is 1. The lowest BCUT2D eigenvalue weighted by Crippen LogP contribution is -2.49. The summed E-state index contributed by atoms with van der Waals surface area (Å²) in [6, 6.07) is 17.3. The van der Waals surface area contributed by atoms with Crippen LogP contribution in [-0.2, 0) is 0 Å². The second kappa shape index (κ2) is 8.26. The summed E-state index contributed by atoms with van der Waals surface area (Å²) in [4.78, 5) is 16.4. The molecule has 1 aliphatic rings. The third kappa shape index (κ3) is 4.03. The van der Waals surface area contributed by atoms with E-state index in [0.29, 0.717) is 31.7 Å². The van der Waals surface area contributed by atoms with Gasteiger partial charge in [0.15, 0.2) is 5.82 Å². The molecule has 7 heteroatoms. The SMILES string of the molecule is COc1ccccc1-c1ccc(N2CCN(C(=O)c3cccc(F)c3)CC2)nn1. The molecular weight excluding hydrogens is 371 g/mol. The number of rotatable bonds is 4. The average molecular weight is 392 g/mol. The topological polar surface area (TPSA) is 58.6 Å². The molecule has 1 saturated heterocycles. The van der Waals surface area contributed by atoms with Crippen LogP contribution >= 0.6 is 0 Å². The van der Waals surface area contributed by atoms with Gasteiger partial charge in [-0.3, -0.25) is 4.79 Å². The lowest BCUT2D eigenvalue weighted by atomic mass is 10.1. The third-order valence-corrected chi connectivity index (χ3v) is 5.00. The summed E-state index contributed by atoms with van der Waals surface area (Å²) in [6.07, 6.45) is 0. The van der Waals surface area contributed by atoms with Crippen LogP contribution < -0.4 is 9.64 Å². The van der Waals surface area contributed by atoms with E-state index in [2.05, 4.69) is 15.1 Å². The van der Waals surface area contributed by atoms with Crippen LogP contribution in [0.4, 0.5) is 10.2 Å². The number of para-hydroxylation sites is 1. The van der Waals surface area contributed by atoms with E-state index in [1.807, 2.05) is 36.4 Å². The van der Waals surface area contributed by atoms with Crippen molar-refractivity contribution in [1.82, 2.24) is 15.1 Å². The summed E-state index contributed by atoms with van der Waals surface area (Å²) in [6.45, 7) is 2.38. The van der Waals surface area contributed by atoms with Crippen molar-refractivity contribution in [3.8, 4) is 17.0 Å². The molecule has 0 aliphatic carbocycles. The fraction of sp³-hybridized carbons (Fsp3) is 0.227. The Morgan fingerprint density at radius 3 is 2.45 bits per heavy atom. The number of aromatic nitrogens is 2. The van der Waals surface area contributed by atoms with Crippen LogP contribution in [0.3, 0.4) is 0 Å². The maximum Gasteiger partial charge on any atom is 0.254 e. The normalized spacial score (nSPS) is 14.0. The first-order chi connectivity index (χ1) is 14.2. The van der Waals surface area contributed by atoms with Gasteiger partial charge in [-0.2, -0.15) is 0 Å². The van der Waals surface area contributed by atoms with Gasteiger partial charge in [-0.1, -0.05) is 18.2 Å². The Kier molecular flexibility index (Phi) is 5.37. The Labute approximate surface area is 168 Å². The minimum Gasteiger partial charge on any atom is -0.496 e. The van der Waals surface area contributed by atoms with Crippen LogP contribution in [0.2, 0.25) is 0 Å². The highest BCUT2D eigenvalue weighted by atomic mass is 19.1. The maximum absolute atomic E-state index is 13.4. The Hall–Kier alpha value is -3.48. The number of anilines is 1. The number of methoxy groups -OCH3 is 1. The van der Waals surface area contributed by atoms with E-state index in [4.69, 9.17) is 4.74 Å². The molecule has 1 aliphatic heterocycles. The van der Waals surface area contributed by atoms with E-state index >= 15 is 0 Å². The Morgan fingerprint density at radius 1 is 0.966 bits per heavy atom. The van der Waals surface area contributed by atoms with Crippen molar-refractivity contribution in [2.45, 2.75) is 0 Å². The largest absolute Gasteiger partial charge is 0.496 e. The molecule has 0 N–H and O–H groups in total. The van der Waals surface area contributed by atoms with Crippen molar-refractivity contribution < 1.29 is 13.9 Å². The molecule has 2 heterocycles. The summed E-state index contributed by atoms with van der Waals surface area (Å²) >= 11 is 0. The first-order valence-electron chi connectivity index (χ1n) is 9.42. The Balaban J connectivity index is 1.42. The van der Waals surface area contributed by atoms with E-state index in [1.165, 1.54) is 12.1 Å². The van der Waals surface area contributed by atoms with Gasteiger partial charge in [0, 0.05) is 37.3 Å². The molecule has 3 aromatic rings. The standard InChI is InChI=1S/C22H21FN4O2/c1-29-20-8-3-2-7-18(20)19-9-10-21(25-24-19)26-11-13-27(14-12-26)22(28)16-5-4-6-17(23)15-16/h2-10,15H,11-14H2,1H3. The lowest BCUT2D eigenvalue weighted by molar-refractivity contribution is 0.0746. The molecule has 148 valence electrons. The molecule has 0 spiro atoms. The van der Waals surface area contributed by atoms with Gasteiger partial charge < -0.3 is 14.5 Å². The van der Waals surface area contributed by atoms with Gasteiger partial charge in [0.2, 0.25) is 0 Å². The number of carbonyl (C=O) groups is 1. The van der Waals surface area contributed by atoms with Crippen LogP contribution in [0, 0.1) is 5.82 Å². The maximum atomic E-state index is 13.4. The summed E-state index contributed by atoms with van der Waals surface area (Å²) in [7, 11) is 1.63. The van der Waals surface area contributed by atoms with Gasteiger partial charge in [-0.05, 0) is 42.5 Å². The highest BCUT2D eigenvalue weighted by molar-refractivity contribution is 5.94. The first kappa shape index (κ1) is 18.9. The highest BCUT2D eigenvalue weighted by Gasteiger charge is 2.23. The zero-order valence-corrected chi connectivity index (χ0v) is 16.1. The van der Waals surface area contributed by atoms with E-state index in [9.17, 15) is 9.18 Å². The van der Waals surface area contributed by atoms with Crippen LogP contribution in [-0.4, -0.2) is 54.3 Å². The number of hydrogen-bond donors (Lipinski definition) is 0. The van der Waals surface area contributed by atoms with Crippen molar-refractivity contribution >= 4 is 11.7 Å². The quantitative estimate of drug-likeness (QED) is 0.682. The molecule has 0 bridgehead atoms. The molecular formula is C22H21FN4O2. The van der Waals surface area contributed by atoms with Crippen LogP contribution in [0.25, 0.3) is 11.3 Å². The number of hydrogen-bond acceptors (Lipinski definition) is 5. The van der Waals surface area contributed by atoms with Crippen molar-refractivity contribution in [2.24, 2.45) is 0 Å². The zero-order valence-electron chi connectivity index (χ0n) is 16.1. The summed E-state index contributed by atoms with van der Waals surface area (Å²) in [5.74, 6) is 0.960. The predicted octanol–water partition coefficient (Wildman–Crippen LogP) is 3.25. The number of ether oxygens (including phenoxy) is 1. The minimum absolute atomic E-state index is 0.151. The Bertz CT molecular complexity index is 1000. The van der Waals surface area contributed by atoms with Gasteiger partial charge in [-0.15, -0.1) is 10.2 Å². The second-order valence-electron chi connectivity index (χ2n) is 6.77. The van der Waals surface area contributed by atoms with Crippen molar-refractivity contribution in [3.63, 3.8) is 0 Å². The Morgan fingerprint density at radius 2 is 1.76 bits per heavy atom. The van der Waals surface area contributed by atoms with Gasteiger partial charge in [0.1, 0.15) is 11.6 Å². The molecule has 6 nitrogen and oxygen atoms in total. The van der Waals surface area contributed by atoms with Gasteiger partial charge in [0.05, 0.1) is 12.8 Å². The number of halogens is 1. The van der Waals surface area contributed by atoms with E-state index in [1.54, 1.807) is 24.1 Å². The number of carbonyl (C=O) groups excluding carboxylic acids is 1. The fourth-order valence-corrected chi connectivity index (χ4v) is 3.44. The van der Waals surface area contributed by atoms with Crippen molar-refractivity contribution in [1.29, 1.82) is 0 Å². The highest BCUT2D eigenvalue weighted by Crippen LogP contribution is 2.28. The second-order valence-corrected chi connectivity index (χ2v) is 6.77. The molecule has 1 aromatic heterocycles. The number of benzene rings is 2. The van der Waals surface area contributed by atoms with Crippen molar-refractivity contribution in [3.05, 3.63) is 72.0 Å². The van der Waals surface area contributed by atoms with Gasteiger partial charge in [-0.25, -0.2) is 4.39 Å². The van der Waals surface area contributed by atoms with Gasteiger partial charge in [0.25, 0.3) is 5.91 Å². The number of nitrogens with zero attached hydrogens (tertiary/aromatic N) is 4. The molecule has 4 rings (SSSR count). The average Bonchev–Trinajstić information content (AvgIpc) is 2.79. The molecule has 2 aromatic carbocycles. The van der Waals surface area contributed by atoms with E-state index in [0.717, 1.165) is 22.8 Å². The number of piperazine rings is 1. The third-order valence-electron chi connectivity index (χ3n) is 5.00. The predicted molar refractivity (Wildman–Crippen MR) is 109 cm³/mol. The van der Waals surface area contributed by atoms with Crippen LogP contribution in [0.1, 0.15) is 10.4 Å². The molecule has 0 radical (unpaired) electrons. The van der Waals surface area contributed by atoms with Crippen LogP contribution in [0.5, 0.6) is 5.75 Å². The fourth-order valence-electron chi connectivity index (χ4n) is 3.44. The molecule has 29 heavy (non-hydrogen) atoms. The monoisotopic (exact) mass is 392 g/mol. The summed E-state index contributed by atoms with van der Waals surface area (Å²) in [5, 5.41) is 8.71. The summed E-state index contributed by atoms with van der Waals surface area (Å²) in [5.41, 5.74) is 2.00. The van der Waals surface area contributed by atoms with E-state index < -0.39 is 5.82 Å². The zero-order chi connectivity index (χ0) is 20.2. The molecule has 1 amide bonds. The first-order valence-corrected chi connectivity index (χ1v) is 9.42. The molecule has 0 unspecified atom stereocenters. The van der Waals surface area contributed by atoms with Crippen molar-refractivity contribution in [2.75, 3.05) is 38.2 Å². The molecule has 1 fully saturated rings. The molecule has 0 atom stereocenters. The molecule has 0 saturated carbocycles. The minimum atomic E-state index is -0.403. The van der Waals surface area contributed by atoms with E-state index in [-0.39, 0.29) is 5.91 Å². The lowest BCUT2D eigenvalue weighted by Gasteiger charge is -2.35. The van der Waals surface area contributed by atoms with Gasteiger partial charge >= 0.3 is 0 Å². The summed E-state index contributed by atoms with van der Waals surface area (Å²) < 4.78 is 18.8. The van der Waals surface area contributed by atoms with Crippen LogP contribution in [0.15, 0.2) is 60.7 Å². The smallest absolute Gasteiger partial charge is 0.254 e.